The van der Waals surface area contributed by atoms with Gasteiger partial charge in [-0.05, 0) is 36.8 Å². The third kappa shape index (κ3) is 3.82. The normalized spacial score (nSPS) is 12.5. The molecule has 0 aliphatic heterocycles. The van der Waals surface area contributed by atoms with Crippen LogP contribution in [0.25, 0.3) is 11.5 Å². The average Bonchev–Trinajstić information content (AvgIpc) is 3.16. The van der Waals surface area contributed by atoms with Gasteiger partial charge in [0, 0.05) is 23.7 Å². The molecule has 0 saturated carbocycles. The molecule has 0 aliphatic carbocycles. The van der Waals surface area contributed by atoms with Crippen molar-refractivity contribution < 1.29 is 9.52 Å². The van der Waals surface area contributed by atoms with E-state index in [1.165, 1.54) is 0 Å². The largest absolute Gasteiger partial charge is 0.460 e. The summed E-state index contributed by atoms with van der Waals surface area (Å²) in [5.41, 5.74) is 2.67. The number of H-pyrrole nitrogens is 1. The molecule has 0 aliphatic rings. The molecular weight excluding hydrogens is 314 g/mol. The number of aliphatic hydroxyl groups is 1. The van der Waals surface area contributed by atoms with Gasteiger partial charge >= 0.3 is 0 Å². The van der Waals surface area contributed by atoms with E-state index in [1.54, 1.807) is 18.3 Å². The fraction of sp³-hybridized carbons (Fsp3) is 0.235. The lowest BCUT2D eigenvalue weighted by Gasteiger charge is -2.12. The van der Waals surface area contributed by atoms with Gasteiger partial charge in [-0.1, -0.05) is 23.7 Å². The molecule has 0 amide bonds. The van der Waals surface area contributed by atoms with Crippen LogP contribution in [0.3, 0.4) is 0 Å². The molecule has 2 aromatic heterocycles. The van der Waals surface area contributed by atoms with Crippen molar-refractivity contribution in [1.29, 1.82) is 0 Å². The fourth-order valence-electron chi connectivity index (χ4n) is 2.37. The summed E-state index contributed by atoms with van der Waals surface area (Å²) < 4.78 is 5.62. The summed E-state index contributed by atoms with van der Waals surface area (Å²) in [7, 11) is 0. The van der Waals surface area contributed by atoms with Crippen LogP contribution in [-0.4, -0.2) is 21.8 Å². The van der Waals surface area contributed by atoms with Crippen LogP contribution in [0.1, 0.15) is 23.0 Å². The number of hydrogen-bond acceptors (Lipinski definition) is 4. The summed E-state index contributed by atoms with van der Waals surface area (Å²) in [5, 5.41) is 21.1. The highest BCUT2D eigenvalue weighted by Crippen LogP contribution is 2.23. The van der Waals surface area contributed by atoms with Crippen LogP contribution in [0.2, 0.25) is 5.02 Å². The third-order valence-corrected chi connectivity index (χ3v) is 3.86. The van der Waals surface area contributed by atoms with E-state index < -0.39 is 6.10 Å². The van der Waals surface area contributed by atoms with Gasteiger partial charge in [0.15, 0.2) is 5.76 Å². The first kappa shape index (κ1) is 15.8. The lowest BCUT2D eigenvalue weighted by molar-refractivity contribution is 0.174. The highest BCUT2D eigenvalue weighted by molar-refractivity contribution is 6.30. The Balaban J connectivity index is 1.59. The summed E-state index contributed by atoms with van der Waals surface area (Å²) in [6.07, 6.45) is 1.17. The van der Waals surface area contributed by atoms with E-state index in [0.717, 1.165) is 28.3 Å². The number of furan rings is 1. The maximum Gasteiger partial charge on any atom is 0.152 e. The van der Waals surface area contributed by atoms with Crippen molar-refractivity contribution in [2.24, 2.45) is 0 Å². The monoisotopic (exact) mass is 331 g/mol. The van der Waals surface area contributed by atoms with Gasteiger partial charge in [-0.25, -0.2) is 0 Å². The maximum atomic E-state index is 10.2. The predicted octanol–water partition coefficient (Wildman–Crippen LogP) is 3.45. The van der Waals surface area contributed by atoms with E-state index in [0.29, 0.717) is 18.1 Å². The molecule has 5 nitrogen and oxygen atoms in total. The van der Waals surface area contributed by atoms with Crippen molar-refractivity contribution >= 4 is 11.6 Å². The Morgan fingerprint density at radius 2 is 2.04 bits per heavy atom. The average molecular weight is 332 g/mol. The van der Waals surface area contributed by atoms with E-state index in [2.05, 4.69) is 15.5 Å². The molecule has 6 heteroatoms. The highest BCUT2D eigenvalue weighted by atomic mass is 35.5. The molecule has 23 heavy (non-hydrogen) atoms. The van der Waals surface area contributed by atoms with Gasteiger partial charge in [-0.2, -0.15) is 5.10 Å². The van der Waals surface area contributed by atoms with E-state index in [9.17, 15) is 5.11 Å². The number of hydrogen-bond donors (Lipinski definition) is 3. The summed E-state index contributed by atoms with van der Waals surface area (Å²) in [6.45, 7) is 2.92. The van der Waals surface area contributed by atoms with Crippen LogP contribution in [0.15, 0.2) is 47.0 Å². The molecule has 0 unspecified atom stereocenters. The Bertz CT molecular complexity index is 764. The van der Waals surface area contributed by atoms with E-state index in [1.807, 2.05) is 31.2 Å². The Morgan fingerprint density at radius 3 is 2.74 bits per heavy atom. The number of nitrogens with zero attached hydrogens (tertiary/aromatic N) is 1. The molecule has 3 aromatic rings. The number of nitrogens with one attached hydrogen (secondary N) is 2. The van der Waals surface area contributed by atoms with E-state index in [4.69, 9.17) is 16.0 Å². The fourth-order valence-corrected chi connectivity index (χ4v) is 2.50. The maximum absolute atomic E-state index is 10.2. The highest BCUT2D eigenvalue weighted by Gasteiger charge is 2.12. The van der Waals surface area contributed by atoms with E-state index >= 15 is 0 Å². The molecule has 0 fully saturated rings. The van der Waals surface area contributed by atoms with Crippen molar-refractivity contribution in [2.45, 2.75) is 19.6 Å². The van der Waals surface area contributed by atoms with Gasteiger partial charge in [0.05, 0.1) is 12.3 Å². The zero-order chi connectivity index (χ0) is 16.2. The first-order valence-corrected chi connectivity index (χ1v) is 7.74. The van der Waals surface area contributed by atoms with Gasteiger partial charge in [-0.15, -0.1) is 0 Å². The van der Waals surface area contributed by atoms with Crippen molar-refractivity contribution in [3.63, 3.8) is 0 Å². The van der Waals surface area contributed by atoms with Crippen LogP contribution in [0.5, 0.6) is 0 Å². The number of aromatic amines is 1. The smallest absolute Gasteiger partial charge is 0.152 e. The number of aliphatic hydroxyl groups excluding tert-OH is 1. The topological polar surface area (TPSA) is 74.1 Å². The summed E-state index contributed by atoms with van der Waals surface area (Å²) >= 11 is 5.85. The second kappa shape index (κ2) is 7.00. The van der Waals surface area contributed by atoms with Crippen LogP contribution < -0.4 is 5.32 Å². The SMILES string of the molecule is Cc1ccc(-c2[nH]ncc2CNC[C@H](O)c2ccc(Cl)cc2)o1. The second-order valence-corrected chi connectivity index (χ2v) is 5.82. The summed E-state index contributed by atoms with van der Waals surface area (Å²) in [4.78, 5) is 0. The minimum absolute atomic E-state index is 0.434. The molecule has 0 spiro atoms. The molecule has 1 atom stereocenters. The molecular formula is C17H18ClN3O2. The Kier molecular flexibility index (Phi) is 4.81. The Hall–Kier alpha value is -2.08. The number of halogens is 1. The first-order chi connectivity index (χ1) is 11.1. The van der Waals surface area contributed by atoms with Crippen LogP contribution >= 0.6 is 11.6 Å². The first-order valence-electron chi connectivity index (χ1n) is 7.37. The van der Waals surface area contributed by atoms with Crippen molar-refractivity contribution in [2.75, 3.05) is 6.54 Å². The quantitative estimate of drug-likeness (QED) is 0.646. The zero-order valence-electron chi connectivity index (χ0n) is 12.7. The summed E-state index contributed by atoms with van der Waals surface area (Å²) in [5.74, 6) is 1.61. The number of rotatable bonds is 6. The lowest BCUT2D eigenvalue weighted by atomic mass is 10.1. The van der Waals surface area contributed by atoms with Crippen molar-refractivity contribution in [1.82, 2.24) is 15.5 Å². The van der Waals surface area contributed by atoms with Crippen molar-refractivity contribution in [3.05, 3.63) is 64.5 Å². The third-order valence-electron chi connectivity index (χ3n) is 3.61. The zero-order valence-corrected chi connectivity index (χ0v) is 13.5. The number of benzene rings is 1. The van der Waals surface area contributed by atoms with Crippen LogP contribution in [0.4, 0.5) is 0 Å². The molecule has 1 aromatic carbocycles. The Labute approximate surface area is 139 Å². The molecule has 120 valence electrons. The lowest BCUT2D eigenvalue weighted by Crippen LogP contribution is -2.21. The van der Waals surface area contributed by atoms with Crippen molar-refractivity contribution in [3.8, 4) is 11.5 Å². The van der Waals surface area contributed by atoms with Crippen LogP contribution in [0, 0.1) is 6.92 Å². The molecule has 0 radical (unpaired) electrons. The van der Waals surface area contributed by atoms with Gasteiger partial charge < -0.3 is 14.8 Å². The predicted molar refractivity (Wildman–Crippen MR) is 89.1 cm³/mol. The van der Waals surface area contributed by atoms with Crippen LogP contribution in [-0.2, 0) is 6.54 Å². The second-order valence-electron chi connectivity index (χ2n) is 5.38. The summed E-state index contributed by atoms with van der Waals surface area (Å²) in [6, 6.07) is 11.0. The van der Waals surface area contributed by atoms with Gasteiger partial charge in [-0.3, -0.25) is 5.10 Å². The van der Waals surface area contributed by atoms with Gasteiger partial charge in [0.25, 0.3) is 0 Å². The standard InChI is InChI=1S/C17H18ClN3O2/c1-11-2-7-16(23-11)17-13(9-20-21-17)8-19-10-15(22)12-3-5-14(18)6-4-12/h2-7,9,15,19,22H,8,10H2,1H3,(H,20,21)/t15-/m0/s1. The van der Waals surface area contributed by atoms with E-state index in [-0.39, 0.29) is 0 Å². The van der Waals surface area contributed by atoms with Gasteiger partial charge in [0.2, 0.25) is 0 Å². The minimum atomic E-state index is -0.589. The van der Waals surface area contributed by atoms with Gasteiger partial charge in [0.1, 0.15) is 11.5 Å². The molecule has 3 N–H and O–H groups in total. The molecule has 0 bridgehead atoms. The molecule has 2 heterocycles. The molecule has 0 saturated heterocycles. The number of aromatic nitrogens is 2. The molecule has 3 rings (SSSR count). The minimum Gasteiger partial charge on any atom is -0.460 e. The Morgan fingerprint density at radius 1 is 1.26 bits per heavy atom. The number of aryl methyl sites for hydroxylation is 1.